The highest BCUT2D eigenvalue weighted by Crippen LogP contribution is 2.24. The van der Waals surface area contributed by atoms with Gasteiger partial charge in [-0.05, 0) is 38.7 Å². The van der Waals surface area contributed by atoms with E-state index in [-0.39, 0.29) is 0 Å². The van der Waals surface area contributed by atoms with Crippen LogP contribution in [0.15, 0.2) is 6.33 Å². The molecule has 2 N–H and O–H groups in total. The molecule has 6 nitrogen and oxygen atoms in total. The van der Waals surface area contributed by atoms with Crippen molar-refractivity contribution in [3.8, 4) is 0 Å². The Hall–Kier alpha value is -1.63. The molecule has 0 saturated heterocycles. The van der Waals surface area contributed by atoms with Gasteiger partial charge in [0.05, 0.1) is 23.3 Å². The Balaban J connectivity index is 1.91. The second-order valence-corrected chi connectivity index (χ2v) is 8.71. The summed E-state index contributed by atoms with van der Waals surface area (Å²) in [6.45, 7) is 6.80. The van der Waals surface area contributed by atoms with E-state index in [0.29, 0.717) is 17.3 Å². The fourth-order valence-corrected chi connectivity index (χ4v) is 4.44. The van der Waals surface area contributed by atoms with Crippen LogP contribution >= 0.6 is 0 Å². The van der Waals surface area contributed by atoms with Crippen LogP contribution in [0, 0.1) is 13.8 Å². The zero-order chi connectivity index (χ0) is 17.7. The normalized spacial score (nSPS) is 12.1. The molecule has 2 rings (SSSR count). The first kappa shape index (κ1) is 18.7. The maximum Gasteiger partial charge on any atom is 0.151 e. The van der Waals surface area contributed by atoms with Gasteiger partial charge in [-0.2, -0.15) is 0 Å². The van der Waals surface area contributed by atoms with Crippen LogP contribution in [0.2, 0.25) is 0 Å². The maximum atomic E-state index is 11.8. The van der Waals surface area contributed by atoms with Crippen LogP contribution in [-0.4, -0.2) is 34.5 Å². The molecule has 0 radical (unpaired) electrons. The maximum absolute atomic E-state index is 11.8. The quantitative estimate of drug-likeness (QED) is 0.701. The van der Waals surface area contributed by atoms with Crippen LogP contribution in [0.5, 0.6) is 0 Å². The summed E-state index contributed by atoms with van der Waals surface area (Å²) < 4.78 is 25.8. The molecule has 134 valence electrons. The van der Waals surface area contributed by atoms with Gasteiger partial charge in [0.25, 0.3) is 0 Å². The molecule has 0 aromatic carbocycles. The lowest BCUT2D eigenvalue weighted by Gasteiger charge is -2.09. The Kier molecular flexibility index (Phi) is 6.21. The fourth-order valence-electron chi connectivity index (χ4n) is 2.87. The van der Waals surface area contributed by atoms with E-state index in [1.54, 1.807) is 6.33 Å². The number of aromatic nitrogens is 3. The molecule has 2 aromatic heterocycles. The van der Waals surface area contributed by atoms with Crippen molar-refractivity contribution < 1.29 is 8.42 Å². The zero-order valence-electron chi connectivity index (χ0n) is 14.9. The highest BCUT2D eigenvalue weighted by Gasteiger charge is 2.13. The van der Waals surface area contributed by atoms with Gasteiger partial charge in [0.15, 0.2) is 5.82 Å². The van der Waals surface area contributed by atoms with Crippen molar-refractivity contribution in [3.05, 3.63) is 17.6 Å². The first-order valence-electron chi connectivity index (χ1n) is 8.63. The average molecular weight is 353 g/mol. The molecule has 24 heavy (non-hydrogen) atoms. The van der Waals surface area contributed by atoms with E-state index >= 15 is 0 Å². The smallest absolute Gasteiger partial charge is 0.151 e. The topological polar surface area (TPSA) is 90.9 Å². The summed E-state index contributed by atoms with van der Waals surface area (Å²) in [4.78, 5) is 8.68. The highest BCUT2D eigenvalue weighted by atomic mass is 32.2. The Morgan fingerprint density at radius 1 is 1.12 bits per heavy atom. The largest absolute Gasteiger partial charge is 0.382 e. The number of hydrogen-bond acceptors (Lipinski definition) is 5. The summed E-state index contributed by atoms with van der Waals surface area (Å²) >= 11 is 0. The van der Waals surface area contributed by atoms with Gasteiger partial charge < -0.3 is 10.3 Å². The molecular weight excluding hydrogens is 324 g/mol. The average Bonchev–Trinajstić information content (AvgIpc) is 2.95. The van der Waals surface area contributed by atoms with Crippen molar-refractivity contribution in [1.29, 1.82) is 0 Å². The van der Waals surface area contributed by atoms with Crippen molar-refractivity contribution in [3.63, 3.8) is 0 Å². The van der Waals surface area contributed by atoms with Crippen LogP contribution in [0.25, 0.3) is 11.0 Å². The lowest BCUT2D eigenvalue weighted by molar-refractivity contribution is 0.578. The minimum absolute atomic E-state index is 0.298. The number of nitrogens with zero attached hydrogens (tertiary/aromatic N) is 3. The van der Waals surface area contributed by atoms with Gasteiger partial charge in [-0.3, -0.25) is 0 Å². The third-order valence-corrected chi connectivity index (χ3v) is 6.25. The number of aryl methyl sites for hydroxylation is 3. The molecule has 0 aliphatic carbocycles. The summed E-state index contributed by atoms with van der Waals surface area (Å²) in [6.07, 6.45) is 6.02. The van der Waals surface area contributed by atoms with E-state index in [4.69, 9.17) is 5.73 Å². The summed E-state index contributed by atoms with van der Waals surface area (Å²) in [7, 11) is -2.87. The number of imidazole rings is 1. The van der Waals surface area contributed by atoms with E-state index in [9.17, 15) is 8.42 Å². The summed E-state index contributed by atoms with van der Waals surface area (Å²) in [5.74, 6) is 1.08. The fraction of sp³-hybridized carbons (Fsp3) is 0.647. The van der Waals surface area contributed by atoms with E-state index in [2.05, 4.69) is 14.5 Å². The predicted molar refractivity (Wildman–Crippen MR) is 98.8 cm³/mol. The van der Waals surface area contributed by atoms with E-state index in [1.165, 1.54) is 0 Å². The van der Waals surface area contributed by atoms with Gasteiger partial charge in [0, 0.05) is 12.2 Å². The number of unbranched alkanes of at least 4 members (excludes halogenated alkanes) is 3. The van der Waals surface area contributed by atoms with Crippen molar-refractivity contribution in [1.82, 2.24) is 14.5 Å². The Morgan fingerprint density at radius 2 is 1.83 bits per heavy atom. The summed E-state index contributed by atoms with van der Waals surface area (Å²) in [6, 6.07) is 0. The van der Waals surface area contributed by atoms with Gasteiger partial charge in [-0.1, -0.05) is 19.8 Å². The number of pyridine rings is 1. The molecule has 0 unspecified atom stereocenters. The molecule has 2 aromatic rings. The van der Waals surface area contributed by atoms with E-state index in [0.717, 1.165) is 60.9 Å². The van der Waals surface area contributed by atoms with Gasteiger partial charge in [-0.15, -0.1) is 0 Å². The third kappa shape index (κ3) is 4.47. The lowest BCUT2D eigenvalue weighted by atomic mass is 10.2. The second kappa shape index (κ2) is 7.96. The van der Waals surface area contributed by atoms with E-state index in [1.807, 2.05) is 20.8 Å². The zero-order valence-corrected chi connectivity index (χ0v) is 15.7. The first-order valence-corrected chi connectivity index (χ1v) is 10.5. The molecule has 7 heteroatoms. The van der Waals surface area contributed by atoms with Gasteiger partial charge in [0.2, 0.25) is 0 Å². The first-order chi connectivity index (χ1) is 11.4. The molecular formula is C17H28N4O2S. The molecule has 0 aliphatic heterocycles. The van der Waals surface area contributed by atoms with Crippen molar-refractivity contribution >= 4 is 26.7 Å². The number of sulfone groups is 1. The Labute approximate surface area is 144 Å². The van der Waals surface area contributed by atoms with Crippen LogP contribution in [-0.2, 0) is 16.4 Å². The highest BCUT2D eigenvalue weighted by molar-refractivity contribution is 7.91. The molecule has 0 amide bonds. The van der Waals surface area contributed by atoms with Crippen molar-refractivity contribution in [2.24, 2.45) is 0 Å². The molecule has 0 spiro atoms. The molecule has 0 fully saturated rings. The molecule has 0 atom stereocenters. The standard InChI is InChI=1S/C17H28N4O2S/c1-4-5-10-24(22,23)11-8-6-7-9-21-12-19-15-16(21)13(2)14(3)20-17(15)18/h12H,4-11H2,1-3H3,(H2,18,20). The molecule has 2 heterocycles. The number of rotatable bonds is 9. The lowest BCUT2D eigenvalue weighted by Crippen LogP contribution is -2.11. The minimum Gasteiger partial charge on any atom is -0.382 e. The molecule has 0 aliphatic rings. The summed E-state index contributed by atoms with van der Waals surface area (Å²) in [5.41, 5.74) is 9.75. The van der Waals surface area contributed by atoms with Crippen molar-refractivity contribution in [2.75, 3.05) is 17.2 Å². The SMILES string of the molecule is CCCCS(=O)(=O)CCCCCn1cnc2c(N)nc(C)c(C)c21. The van der Waals surface area contributed by atoms with Crippen molar-refractivity contribution in [2.45, 2.75) is 59.4 Å². The van der Waals surface area contributed by atoms with Gasteiger partial charge in [0.1, 0.15) is 15.4 Å². The molecule has 0 saturated carbocycles. The van der Waals surface area contributed by atoms with Crippen LogP contribution < -0.4 is 5.73 Å². The number of hydrogen-bond donors (Lipinski definition) is 1. The summed E-state index contributed by atoms with van der Waals surface area (Å²) in [5, 5.41) is 0. The number of nitrogen functional groups attached to an aromatic ring is 1. The van der Waals surface area contributed by atoms with Crippen LogP contribution in [0.1, 0.15) is 50.3 Å². The van der Waals surface area contributed by atoms with Crippen LogP contribution in [0.3, 0.4) is 0 Å². The molecule has 0 bridgehead atoms. The minimum atomic E-state index is -2.87. The Bertz CT molecular complexity index is 797. The number of fused-ring (bicyclic) bond motifs is 1. The number of anilines is 1. The second-order valence-electron chi connectivity index (χ2n) is 6.41. The van der Waals surface area contributed by atoms with E-state index < -0.39 is 9.84 Å². The predicted octanol–water partition coefficient (Wildman–Crippen LogP) is 3.02. The van der Waals surface area contributed by atoms with Gasteiger partial charge in [-0.25, -0.2) is 18.4 Å². The number of nitrogens with two attached hydrogens (primary N) is 1. The van der Waals surface area contributed by atoms with Crippen LogP contribution in [0.4, 0.5) is 5.82 Å². The monoisotopic (exact) mass is 352 g/mol. The Morgan fingerprint density at radius 3 is 2.54 bits per heavy atom. The third-order valence-electron chi connectivity index (χ3n) is 4.43. The van der Waals surface area contributed by atoms with Gasteiger partial charge >= 0.3 is 0 Å².